The highest BCUT2D eigenvalue weighted by molar-refractivity contribution is 5.83. The molecule has 0 aliphatic rings. The van der Waals surface area contributed by atoms with Crippen LogP contribution in [0.5, 0.6) is 0 Å². The van der Waals surface area contributed by atoms with Crippen molar-refractivity contribution in [3.05, 3.63) is 47.6 Å². The molecule has 0 aliphatic carbocycles. The molecule has 190 valence electrons. The minimum atomic E-state index is -1.23. The lowest BCUT2D eigenvalue weighted by atomic mass is 10.1. The summed E-state index contributed by atoms with van der Waals surface area (Å²) in [7, 11) is 0. The molecular formula is C21H30N8O6. The topological polar surface area (TPSA) is 243 Å². The van der Waals surface area contributed by atoms with E-state index >= 15 is 0 Å². The number of aliphatic carboxylic acids is 2. The number of urea groups is 1. The zero-order valence-corrected chi connectivity index (χ0v) is 18.9. The molecule has 0 saturated heterocycles. The number of carbonyl (C=O) groups excluding carboxylic acids is 1. The maximum Gasteiger partial charge on any atom is 0.326 e. The third-order valence-corrected chi connectivity index (χ3v) is 4.93. The number of rotatable bonds is 14. The highest BCUT2D eigenvalue weighted by Crippen LogP contribution is 2.20. The maximum absolute atomic E-state index is 12.6. The first-order chi connectivity index (χ1) is 16.7. The third-order valence-electron chi connectivity index (χ3n) is 4.93. The Morgan fingerprint density at radius 2 is 1.83 bits per heavy atom. The molecule has 35 heavy (non-hydrogen) atoms. The summed E-state index contributed by atoms with van der Waals surface area (Å²) in [5.41, 5.74) is 12.0. The number of hydrogen-bond acceptors (Lipinski definition) is 8. The molecule has 0 radical (unpaired) electrons. The summed E-state index contributed by atoms with van der Waals surface area (Å²) in [6.45, 7) is 0.435. The second kappa shape index (κ2) is 13.5. The summed E-state index contributed by atoms with van der Waals surface area (Å²) < 4.78 is 5.21. The quantitative estimate of drug-likeness (QED) is 0.101. The van der Waals surface area contributed by atoms with Gasteiger partial charge in [-0.2, -0.15) is 4.98 Å². The fourth-order valence-corrected chi connectivity index (χ4v) is 3.15. The third kappa shape index (κ3) is 9.67. The van der Waals surface area contributed by atoms with Crippen LogP contribution in [0, 0.1) is 5.41 Å². The first kappa shape index (κ1) is 27.0. The summed E-state index contributed by atoms with van der Waals surface area (Å²) in [6, 6.07) is 5.16. The van der Waals surface area contributed by atoms with E-state index in [1.165, 1.54) is 0 Å². The number of carboxylic acid groups (broad SMARTS) is 2. The Kier molecular flexibility index (Phi) is 10.4. The van der Waals surface area contributed by atoms with Crippen LogP contribution in [-0.2, 0) is 16.0 Å². The van der Waals surface area contributed by atoms with Crippen molar-refractivity contribution in [2.24, 2.45) is 11.5 Å². The first-order valence-corrected chi connectivity index (χ1v) is 10.9. The molecule has 0 fully saturated rings. The molecule has 14 heteroatoms. The molecule has 2 aromatic rings. The molecule has 3 atom stereocenters. The summed E-state index contributed by atoms with van der Waals surface area (Å²) in [5, 5.41) is 37.0. The van der Waals surface area contributed by atoms with Crippen molar-refractivity contribution in [1.82, 2.24) is 26.1 Å². The summed E-state index contributed by atoms with van der Waals surface area (Å²) in [6.07, 6.45) is 0.705. The van der Waals surface area contributed by atoms with E-state index in [1.807, 2.05) is 0 Å². The van der Waals surface area contributed by atoms with Crippen LogP contribution in [0.3, 0.4) is 0 Å². The fourth-order valence-electron chi connectivity index (χ4n) is 3.15. The zero-order valence-electron chi connectivity index (χ0n) is 18.9. The first-order valence-electron chi connectivity index (χ1n) is 10.9. The van der Waals surface area contributed by atoms with Crippen molar-refractivity contribution in [2.45, 2.75) is 50.2 Å². The van der Waals surface area contributed by atoms with Gasteiger partial charge in [0, 0.05) is 19.4 Å². The molecule has 1 aromatic heterocycles. The number of aromatic nitrogens is 2. The molecule has 2 rings (SSSR count). The van der Waals surface area contributed by atoms with Gasteiger partial charge in [-0.05, 0) is 24.8 Å². The highest BCUT2D eigenvalue weighted by atomic mass is 16.5. The fraction of sp³-hybridized carbons (Fsp3) is 0.429. The van der Waals surface area contributed by atoms with E-state index in [0.29, 0.717) is 19.4 Å². The molecule has 10 N–H and O–H groups in total. The van der Waals surface area contributed by atoms with Crippen LogP contribution in [0.4, 0.5) is 4.79 Å². The summed E-state index contributed by atoms with van der Waals surface area (Å²) in [5.74, 6) is -2.36. The van der Waals surface area contributed by atoms with Crippen molar-refractivity contribution in [2.75, 3.05) is 6.54 Å². The number of benzene rings is 1. The van der Waals surface area contributed by atoms with Gasteiger partial charge < -0.3 is 42.2 Å². The Labute approximate surface area is 201 Å². The number of nitrogens with two attached hydrogens (primary N) is 2. The maximum atomic E-state index is 12.6. The highest BCUT2D eigenvalue weighted by Gasteiger charge is 2.26. The van der Waals surface area contributed by atoms with E-state index in [4.69, 9.17) is 26.5 Å². The minimum absolute atomic E-state index is 0.0522. The largest absolute Gasteiger partial charge is 0.481 e. The van der Waals surface area contributed by atoms with Crippen LogP contribution in [0.1, 0.15) is 55.0 Å². The number of amides is 2. The Bertz CT molecular complexity index is 999. The molecule has 1 heterocycles. The SMILES string of the molecule is N=C(N)NCCC[C@H](N)c1noc([C@H](CCC(=O)O)NC(=O)N[C@@H](Cc2ccccc2)C(=O)O)n1. The second-order valence-corrected chi connectivity index (χ2v) is 7.76. The number of hydrogen-bond donors (Lipinski definition) is 8. The zero-order chi connectivity index (χ0) is 25.8. The van der Waals surface area contributed by atoms with E-state index in [2.05, 4.69) is 26.1 Å². The normalized spacial score (nSPS) is 13.3. The molecule has 0 spiro atoms. The van der Waals surface area contributed by atoms with Gasteiger partial charge in [-0.1, -0.05) is 35.5 Å². The standard InChI is InChI=1S/C21H30N8O6/c22-13(7-4-10-25-20(23)24)17-28-18(35-29-17)14(8-9-16(30)31)26-21(34)27-15(19(32)33)11-12-5-2-1-3-6-12/h1-3,5-6,13-15H,4,7-11,22H2,(H,30,31)(H,32,33)(H4,23,24,25)(H2,26,27,34)/t13-,14-,15-/m0/s1. The van der Waals surface area contributed by atoms with E-state index in [0.717, 1.165) is 5.56 Å². The van der Waals surface area contributed by atoms with E-state index in [1.54, 1.807) is 30.3 Å². The van der Waals surface area contributed by atoms with Crippen molar-refractivity contribution < 1.29 is 29.1 Å². The molecule has 14 nitrogen and oxygen atoms in total. The van der Waals surface area contributed by atoms with Crippen molar-refractivity contribution in [3.8, 4) is 0 Å². The molecule has 0 aliphatic heterocycles. The number of guanidine groups is 1. The average molecular weight is 491 g/mol. The van der Waals surface area contributed by atoms with Crippen LogP contribution in [0.2, 0.25) is 0 Å². The van der Waals surface area contributed by atoms with Crippen molar-refractivity contribution in [1.29, 1.82) is 5.41 Å². The molecule has 1 aromatic carbocycles. The van der Waals surface area contributed by atoms with Crippen LogP contribution in [0.15, 0.2) is 34.9 Å². The van der Waals surface area contributed by atoms with Gasteiger partial charge in [0.15, 0.2) is 11.8 Å². The molecule has 0 bridgehead atoms. The summed E-state index contributed by atoms with van der Waals surface area (Å²) in [4.78, 5) is 39.5. The van der Waals surface area contributed by atoms with Gasteiger partial charge in [0.05, 0.1) is 6.04 Å². The van der Waals surface area contributed by atoms with Crippen LogP contribution in [-0.4, -0.2) is 56.9 Å². The molecule has 0 unspecified atom stereocenters. The van der Waals surface area contributed by atoms with Crippen LogP contribution in [0.25, 0.3) is 0 Å². The van der Waals surface area contributed by atoms with E-state index in [9.17, 15) is 19.5 Å². The van der Waals surface area contributed by atoms with Gasteiger partial charge in [-0.3, -0.25) is 10.2 Å². The number of nitrogens with zero attached hydrogens (tertiary/aromatic N) is 2. The van der Waals surface area contributed by atoms with Crippen LogP contribution >= 0.6 is 0 Å². The predicted molar refractivity (Wildman–Crippen MR) is 123 cm³/mol. The van der Waals surface area contributed by atoms with Crippen LogP contribution < -0.4 is 27.4 Å². The lowest BCUT2D eigenvalue weighted by molar-refractivity contribution is -0.139. The molecule has 2 amide bonds. The van der Waals surface area contributed by atoms with Gasteiger partial charge in [-0.25, -0.2) is 9.59 Å². The molecular weight excluding hydrogens is 460 g/mol. The van der Waals surface area contributed by atoms with Gasteiger partial charge in [0.1, 0.15) is 12.1 Å². The lowest BCUT2D eigenvalue weighted by Crippen LogP contribution is -2.48. The number of carbonyl (C=O) groups is 3. The Hall–Kier alpha value is -4.20. The van der Waals surface area contributed by atoms with Gasteiger partial charge in [0.2, 0.25) is 5.89 Å². The second-order valence-electron chi connectivity index (χ2n) is 7.76. The predicted octanol–water partition coefficient (Wildman–Crippen LogP) is 0.234. The molecule has 0 saturated carbocycles. The van der Waals surface area contributed by atoms with E-state index < -0.39 is 36.1 Å². The van der Waals surface area contributed by atoms with Crippen molar-refractivity contribution >= 4 is 23.9 Å². The Balaban J connectivity index is 2.03. The number of nitrogens with one attached hydrogen (secondary N) is 4. The van der Waals surface area contributed by atoms with Crippen molar-refractivity contribution in [3.63, 3.8) is 0 Å². The minimum Gasteiger partial charge on any atom is -0.481 e. The van der Waals surface area contributed by atoms with Gasteiger partial charge >= 0.3 is 18.0 Å². The average Bonchev–Trinajstić information content (AvgIpc) is 3.29. The Morgan fingerprint density at radius 1 is 1.11 bits per heavy atom. The van der Waals surface area contributed by atoms with Gasteiger partial charge in [0.25, 0.3) is 0 Å². The smallest absolute Gasteiger partial charge is 0.326 e. The monoisotopic (exact) mass is 490 g/mol. The Morgan fingerprint density at radius 3 is 2.46 bits per heavy atom. The lowest BCUT2D eigenvalue weighted by Gasteiger charge is -2.18. The number of carboxylic acids is 2. The van der Waals surface area contributed by atoms with E-state index in [-0.39, 0.29) is 36.9 Å². The van der Waals surface area contributed by atoms with Gasteiger partial charge in [-0.15, -0.1) is 0 Å². The summed E-state index contributed by atoms with van der Waals surface area (Å²) >= 11 is 0.